The predicted molar refractivity (Wildman–Crippen MR) is 89.3 cm³/mol. The number of halogens is 4. The first-order valence-corrected chi connectivity index (χ1v) is 7.69. The lowest BCUT2D eigenvalue weighted by atomic mass is 10.1. The molecule has 0 radical (unpaired) electrons. The van der Waals surface area contributed by atoms with Crippen LogP contribution in [0.2, 0.25) is 0 Å². The van der Waals surface area contributed by atoms with E-state index in [1.165, 1.54) is 13.2 Å². The second-order valence-electron chi connectivity index (χ2n) is 5.46. The zero-order valence-corrected chi connectivity index (χ0v) is 14.4. The second-order valence-corrected chi connectivity index (χ2v) is 5.46. The molecule has 0 aromatic heterocycles. The molecule has 2 aromatic rings. The number of nitrogens with zero attached hydrogens (tertiary/aromatic N) is 1. The molecule has 7 nitrogen and oxygen atoms in total. The third kappa shape index (κ3) is 5.32. The van der Waals surface area contributed by atoms with Gasteiger partial charge in [-0.25, -0.2) is 4.39 Å². The van der Waals surface area contributed by atoms with Crippen molar-refractivity contribution >= 4 is 17.3 Å². The smallest absolute Gasteiger partial charge is 0.416 e. The van der Waals surface area contributed by atoms with Crippen LogP contribution in [-0.4, -0.2) is 24.5 Å². The summed E-state index contributed by atoms with van der Waals surface area (Å²) >= 11 is 0. The van der Waals surface area contributed by atoms with Crippen LogP contribution in [0.1, 0.15) is 11.1 Å². The van der Waals surface area contributed by atoms with Crippen molar-refractivity contribution in [1.29, 1.82) is 0 Å². The number of ether oxygens (including phenoxy) is 2. The van der Waals surface area contributed by atoms with E-state index in [0.29, 0.717) is 17.9 Å². The first-order chi connectivity index (χ1) is 13.1. The predicted octanol–water partition coefficient (Wildman–Crippen LogP) is 3.92. The summed E-state index contributed by atoms with van der Waals surface area (Å²) in [6, 6.07) is 5.49. The lowest BCUT2D eigenvalue weighted by Crippen LogP contribution is -2.18. The molecule has 0 unspecified atom stereocenters. The van der Waals surface area contributed by atoms with Gasteiger partial charge in [-0.3, -0.25) is 14.9 Å². The number of nitro groups is 1. The molecule has 11 heteroatoms. The fourth-order valence-corrected chi connectivity index (χ4v) is 2.25. The van der Waals surface area contributed by atoms with Crippen molar-refractivity contribution in [1.82, 2.24) is 0 Å². The van der Waals surface area contributed by atoms with Crippen molar-refractivity contribution in [2.45, 2.75) is 12.8 Å². The van der Waals surface area contributed by atoms with Crippen LogP contribution in [0.5, 0.6) is 5.75 Å². The van der Waals surface area contributed by atoms with E-state index >= 15 is 0 Å². The van der Waals surface area contributed by atoms with Crippen LogP contribution in [0.25, 0.3) is 0 Å². The number of hydrogen-bond donors (Lipinski definition) is 1. The molecule has 0 aliphatic carbocycles. The van der Waals surface area contributed by atoms with Gasteiger partial charge in [0.1, 0.15) is 30.4 Å². The Labute approximate surface area is 156 Å². The Hall–Kier alpha value is -3.37. The van der Waals surface area contributed by atoms with Crippen molar-refractivity contribution in [2.24, 2.45) is 0 Å². The van der Waals surface area contributed by atoms with E-state index in [1.54, 1.807) is 0 Å². The number of benzene rings is 2. The summed E-state index contributed by atoms with van der Waals surface area (Å²) in [4.78, 5) is 21.8. The zero-order valence-electron chi connectivity index (χ0n) is 14.4. The number of nitro benzene ring substituents is 1. The molecular weight excluding hydrogens is 388 g/mol. The van der Waals surface area contributed by atoms with Gasteiger partial charge in [-0.2, -0.15) is 13.2 Å². The topological polar surface area (TPSA) is 90.7 Å². The van der Waals surface area contributed by atoms with E-state index < -0.39 is 40.7 Å². The molecule has 0 spiro atoms. The van der Waals surface area contributed by atoms with E-state index in [4.69, 9.17) is 9.47 Å². The molecule has 0 saturated carbocycles. The Morgan fingerprint density at radius 1 is 1.21 bits per heavy atom. The number of methoxy groups -OCH3 is 1. The molecule has 150 valence electrons. The van der Waals surface area contributed by atoms with Crippen LogP contribution < -0.4 is 10.1 Å². The van der Waals surface area contributed by atoms with Gasteiger partial charge < -0.3 is 14.8 Å². The van der Waals surface area contributed by atoms with Crippen LogP contribution >= 0.6 is 0 Å². The van der Waals surface area contributed by atoms with E-state index in [1.807, 2.05) is 0 Å². The Balaban J connectivity index is 2.03. The van der Waals surface area contributed by atoms with Crippen LogP contribution in [-0.2, 0) is 22.3 Å². The van der Waals surface area contributed by atoms with Crippen LogP contribution in [0.4, 0.5) is 28.9 Å². The average molecular weight is 402 g/mol. The minimum absolute atomic E-state index is 0.261. The Morgan fingerprint density at radius 3 is 2.54 bits per heavy atom. The van der Waals surface area contributed by atoms with E-state index in [0.717, 1.165) is 18.2 Å². The number of alkyl halides is 3. The molecule has 0 atom stereocenters. The number of carbonyl (C=O) groups is 1. The van der Waals surface area contributed by atoms with Gasteiger partial charge in [-0.1, -0.05) is 0 Å². The second kappa shape index (κ2) is 8.55. The lowest BCUT2D eigenvalue weighted by molar-refractivity contribution is -0.384. The van der Waals surface area contributed by atoms with Gasteiger partial charge in [0.25, 0.3) is 5.69 Å². The molecule has 0 aliphatic heterocycles. The standard InChI is InChI=1S/C17H14F4N2O5/c1-27-15-5-3-12(18)6-10(15)9-28-16(24)8-22-13-4-2-11(17(19,20)21)7-14(13)23(25)26/h2-7,22H,8-9H2,1H3. The van der Waals surface area contributed by atoms with Gasteiger partial charge >= 0.3 is 12.1 Å². The van der Waals surface area contributed by atoms with E-state index in [-0.39, 0.29) is 17.9 Å². The van der Waals surface area contributed by atoms with Crippen LogP contribution in [0.15, 0.2) is 36.4 Å². The summed E-state index contributed by atoms with van der Waals surface area (Å²) in [6.07, 6.45) is -4.74. The molecular formula is C17H14F4N2O5. The normalized spacial score (nSPS) is 11.0. The molecule has 0 amide bonds. The number of rotatable bonds is 7. The SMILES string of the molecule is COc1ccc(F)cc1COC(=O)CNc1ccc(C(F)(F)F)cc1[N+](=O)[O-]. The van der Waals surface area contributed by atoms with E-state index in [9.17, 15) is 32.5 Å². The van der Waals surface area contributed by atoms with Crippen LogP contribution in [0, 0.1) is 15.9 Å². The molecule has 1 N–H and O–H groups in total. The fourth-order valence-electron chi connectivity index (χ4n) is 2.25. The number of esters is 1. The minimum atomic E-state index is -4.74. The summed E-state index contributed by atoms with van der Waals surface area (Å²) in [7, 11) is 1.35. The van der Waals surface area contributed by atoms with Crippen molar-refractivity contribution in [2.75, 3.05) is 19.0 Å². The van der Waals surface area contributed by atoms with Crippen molar-refractivity contribution in [3.63, 3.8) is 0 Å². The molecule has 0 fully saturated rings. The molecule has 0 saturated heterocycles. The maximum absolute atomic E-state index is 13.3. The Bertz CT molecular complexity index is 886. The van der Waals surface area contributed by atoms with Crippen molar-refractivity contribution in [3.8, 4) is 5.75 Å². The van der Waals surface area contributed by atoms with Gasteiger partial charge in [-0.05, 0) is 30.3 Å². The monoisotopic (exact) mass is 402 g/mol. The third-order valence-corrected chi connectivity index (χ3v) is 3.58. The quantitative estimate of drug-likeness (QED) is 0.327. The lowest BCUT2D eigenvalue weighted by Gasteiger charge is -2.11. The maximum Gasteiger partial charge on any atom is 0.416 e. The highest BCUT2D eigenvalue weighted by Gasteiger charge is 2.33. The minimum Gasteiger partial charge on any atom is -0.496 e. The average Bonchev–Trinajstić information content (AvgIpc) is 2.63. The van der Waals surface area contributed by atoms with Crippen molar-refractivity contribution in [3.05, 3.63) is 63.5 Å². The van der Waals surface area contributed by atoms with Gasteiger partial charge in [0.2, 0.25) is 0 Å². The van der Waals surface area contributed by atoms with Gasteiger partial charge in [0.05, 0.1) is 17.6 Å². The molecule has 2 aromatic carbocycles. The van der Waals surface area contributed by atoms with E-state index in [2.05, 4.69) is 5.32 Å². The highest BCUT2D eigenvalue weighted by Crippen LogP contribution is 2.34. The summed E-state index contributed by atoms with van der Waals surface area (Å²) in [5, 5.41) is 13.4. The molecule has 0 heterocycles. The molecule has 28 heavy (non-hydrogen) atoms. The third-order valence-electron chi connectivity index (χ3n) is 3.58. The molecule has 2 rings (SSSR count). The first kappa shape index (κ1) is 20.9. The largest absolute Gasteiger partial charge is 0.496 e. The van der Waals surface area contributed by atoms with Crippen molar-refractivity contribution < 1.29 is 36.8 Å². The number of nitrogens with one attached hydrogen (secondary N) is 1. The van der Waals surface area contributed by atoms with Gasteiger partial charge in [-0.15, -0.1) is 0 Å². The fraction of sp³-hybridized carbons (Fsp3) is 0.235. The zero-order chi connectivity index (χ0) is 20.9. The number of anilines is 1. The highest BCUT2D eigenvalue weighted by atomic mass is 19.4. The number of carbonyl (C=O) groups excluding carboxylic acids is 1. The Kier molecular flexibility index (Phi) is 6.39. The van der Waals surface area contributed by atoms with Gasteiger partial charge in [0.15, 0.2) is 0 Å². The molecule has 0 bridgehead atoms. The van der Waals surface area contributed by atoms with Crippen LogP contribution in [0.3, 0.4) is 0 Å². The summed E-state index contributed by atoms with van der Waals surface area (Å²) in [5.74, 6) is -1.13. The number of hydrogen-bond acceptors (Lipinski definition) is 6. The van der Waals surface area contributed by atoms with Gasteiger partial charge in [0, 0.05) is 11.6 Å². The summed E-state index contributed by atoms with van der Waals surface area (Å²) in [6.45, 7) is -0.875. The maximum atomic E-state index is 13.3. The first-order valence-electron chi connectivity index (χ1n) is 7.69. The summed E-state index contributed by atoms with van der Waals surface area (Å²) < 4.78 is 61.2. The molecule has 0 aliphatic rings. The highest BCUT2D eigenvalue weighted by molar-refractivity contribution is 5.77. The summed E-state index contributed by atoms with van der Waals surface area (Å²) in [5.41, 5.74) is -2.05. The Morgan fingerprint density at radius 2 is 1.93 bits per heavy atom.